The van der Waals surface area contributed by atoms with Crippen LogP contribution in [0.1, 0.15) is 0 Å². The van der Waals surface area contributed by atoms with Crippen LogP contribution in [0.25, 0.3) is 0 Å². The van der Waals surface area contributed by atoms with E-state index in [0.717, 1.165) is 11.3 Å². The predicted octanol–water partition coefficient (Wildman–Crippen LogP) is 1.59. The van der Waals surface area contributed by atoms with Crippen molar-refractivity contribution in [2.45, 2.75) is 0 Å². The lowest BCUT2D eigenvalue weighted by molar-refractivity contribution is -0.380. The van der Waals surface area contributed by atoms with E-state index in [1.807, 2.05) is 12.5 Å². The third kappa shape index (κ3) is 3.11. The fourth-order valence-corrected chi connectivity index (χ4v) is 1.51. The average molecular weight is 218 g/mol. The van der Waals surface area contributed by atoms with Gasteiger partial charge in [-0.3, -0.25) is 10.1 Å². The molecule has 0 spiro atoms. The van der Waals surface area contributed by atoms with Gasteiger partial charge in [-0.15, -0.1) is 0 Å². The zero-order valence-corrected chi connectivity index (χ0v) is 8.76. The van der Waals surface area contributed by atoms with E-state index in [9.17, 15) is 10.1 Å². The largest absolute Gasteiger partial charge is 0.345 e. The molecule has 7 heteroatoms. The monoisotopic (exact) mass is 218 g/mol. The smallest absolute Gasteiger partial charge is 0.257 e. The van der Waals surface area contributed by atoms with Crippen LogP contribution < -0.4 is 0 Å². The van der Waals surface area contributed by atoms with E-state index in [0.29, 0.717) is 5.13 Å². The van der Waals surface area contributed by atoms with E-state index in [1.54, 1.807) is 5.55 Å². The number of hydrogen-bond acceptors (Lipinski definition) is 5. The Morgan fingerprint density at radius 1 is 1.77 bits per heavy atom. The highest BCUT2D eigenvalue weighted by atomic mass is 32.2. The molecule has 5 nitrogen and oxygen atoms in total. The Morgan fingerprint density at radius 3 is 2.92 bits per heavy atom. The first-order chi connectivity index (χ1) is 6.09. The summed E-state index contributed by atoms with van der Waals surface area (Å²) in [6.45, 7) is 0. The lowest BCUT2D eigenvalue weighted by atomic mass is 10.9. The Balaban J connectivity index is 2.75. The SMILES string of the molecule is C[S+](C)C=Nc1ncc([N+](=O)[O-])s1. The lowest BCUT2D eigenvalue weighted by Gasteiger charge is -1.81. The first kappa shape index (κ1) is 10.1. The molecule has 1 aromatic rings. The van der Waals surface area contributed by atoms with Gasteiger partial charge in [0.2, 0.25) is 10.7 Å². The van der Waals surface area contributed by atoms with Gasteiger partial charge in [0.1, 0.15) is 18.7 Å². The van der Waals surface area contributed by atoms with Crippen molar-refractivity contribution in [1.82, 2.24) is 4.98 Å². The van der Waals surface area contributed by atoms with Crippen molar-refractivity contribution >= 4 is 37.9 Å². The maximum absolute atomic E-state index is 10.3. The number of thiazole rings is 1. The van der Waals surface area contributed by atoms with Gasteiger partial charge in [0.05, 0.1) is 4.92 Å². The number of nitro groups is 1. The van der Waals surface area contributed by atoms with E-state index in [1.165, 1.54) is 6.20 Å². The van der Waals surface area contributed by atoms with Crippen LogP contribution in [-0.2, 0) is 10.9 Å². The van der Waals surface area contributed by atoms with Crippen molar-refractivity contribution in [1.29, 1.82) is 0 Å². The number of aliphatic imine (C=N–C) groups is 1. The van der Waals surface area contributed by atoms with Crippen LogP contribution in [0.2, 0.25) is 0 Å². The van der Waals surface area contributed by atoms with Crippen LogP contribution in [0.15, 0.2) is 11.2 Å². The minimum Gasteiger partial charge on any atom is -0.257 e. The quantitative estimate of drug-likeness (QED) is 0.254. The maximum Gasteiger partial charge on any atom is 0.345 e. The van der Waals surface area contributed by atoms with Crippen molar-refractivity contribution in [3.8, 4) is 0 Å². The number of nitrogens with zero attached hydrogens (tertiary/aromatic N) is 3. The second-order valence-electron chi connectivity index (χ2n) is 2.35. The molecule has 0 aromatic carbocycles. The Morgan fingerprint density at radius 2 is 2.46 bits per heavy atom. The topological polar surface area (TPSA) is 68.4 Å². The standard InChI is InChI=1S/C6H8N3O2S2/c1-13(2)4-8-6-7-3-5(12-6)9(10)11/h3-4H,1-2H3/q+1. The van der Waals surface area contributed by atoms with Gasteiger partial charge in [-0.2, -0.15) is 4.99 Å². The molecule has 0 N–H and O–H groups in total. The Kier molecular flexibility index (Phi) is 3.38. The van der Waals surface area contributed by atoms with Crippen molar-refractivity contribution < 1.29 is 4.92 Å². The zero-order chi connectivity index (χ0) is 9.84. The Labute approximate surface area is 82.0 Å². The zero-order valence-electron chi connectivity index (χ0n) is 7.13. The summed E-state index contributed by atoms with van der Waals surface area (Å²) in [5, 5.41) is 10.7. The first-order valence-electron chi connectivity index (χ1n) is 3.30. The maximum atomic E-state index is 10.3. The molecule has 0 saturated heterocycles. The summed E-state index contributed by atoms with van der Waals surface area (Å²) in [6.07, 6.45) is 5.23. The summed E-state index contributed by atoms with van der Waals surface area (Å²) < 4.78 is 0. The molecule has 0 amide bonds. The molecule has 0 aliphatic rings. The molecular formula is C6H8N3O2S2+. The molecule has 1 aromatic heterocycles. The third-order valence-electron chi connectivity index (χ3n) is 1.04. The van der Waals surface area contributed by atoms with E-state index < -0.39 is 4.92 Å². The molecule has 1 heterocycles. The van der Waals surface area contributed by atoms with Gasteiger partial charge >= 0.3 is 5.00 Å². The van der Waals surface area contributed by atoms with Crippen LogP contribution >= 0.6 is 11.3 Å². The lowest BCUT2D eigenvalue weighted by Crippen LogP contribution is -1.93. The fraction of sp³-hybridized carbons (Fsp3) is 0.333. The van der Waals surface area contributed by atoms with Crippen molar-refractivity contribution in [2.24, 2.45) is 4.99 Å². The molecule has 0 atom stereocenters. The van der Waals surface area contributed by atoms with Gasteiger partial charge in [0.15, 0.2) is 0 Å². The molecule has 70 valence electrons. The van der Waals surface area contributed by atoms with E-state index in [-0.39, 0.29) is 15.9 Å². The van der Waals surface area contributed by atoms with Gasteiger partial charge in [-0.05, 0) is 11.3 Å². The summed E-state index contributed by atoms with van der Waals surface area (Å²) in [5.41, 5.74) is 1.74. The number of aromatic nitrogens is 1. The summed E-state index contributed by atoms with van der Waals surface area (Å²) in [6, 6.07) is 0. The molecular weight excluding hydrogens is 210 g/mol. The van der Waals surface area contributed by atoms with Gasteiger partial charge in [-0.1, -0.05) is 0 Å². The second kappa shape index (κ2) is 4.33. The summed E-state index contributed by atoms with van der Waals surface area (Å²) in [7, 11) is 0.0876. The van der Waals surface area contributed by atoms with Crippen LogP contribution in [-0.4, -0.2) is 28.0 Å². The van der Waals surface area contributed by atoms with Crippen LogP contribution in [0, 0.1) is 10.1 Å². The van der Waals surface area contributed by atoms with Gasteiger partial charge in [-0.25, -0.2) is 4.98 Å². The van der Waals surface area contributed by atoms with Crippen molar-refractivity contribution in [3.05, 3.63) is 16.3 Å². The fourth-order valence-electron chi connectivity index (χ4n) is 0.551. The summed E-state index contributed by atoms with van der Waals surface area (Å²) in [4.78, 5) is 17.6. The first-order valence-corrected chi connectivity index (χ1v) is 6.22. The molecule has 0 bridgehead atoms. The van der Waals surface area contributed by atoms with Crippen molar-refractivity contribution in [3.63, 3.8) is 0 Å². The average Bonchev–Trinajstić information content (AvgIpc) is 2.48. The Bertz CT molecular complexity index is 334. The highest BCUT2D eigenvalue weighted by molar-refractivity contribution is 8.08. The molecule has 0 fully saturated rings. The minimum absolute atomic E-state index is 0.0271. The van der Waals surface area contributed by atoms with E-state index >= 15 is 0 Å². The van der Waals surface area contributed by atoms with Crippen molar-refractivity contribution in [2.75, 3.05) is 12.5 Å². The van der Waals surface area contributed by atoms with E-state index in [2.05, 4.69) is 9.98 Å². The van der Waals surface area contributed by atoms with Crippen LogP contribution in [0.5, 0.6) is 0 Å². The van der Waals surface area contributed by atoms with Gasteiger partial charge in [0, 0.05) is 10.9 Å². The Hall–Kier alpha value is -0.950. The molecule has 0 saturated carbocycles. The minimum atomic E-state index is -0.464. The number of hydrogen-bond donors (Lipinski definition) is 0. The summed E-state index contributed by atoms with van der Waals surface area (Å²) >= 11 is 0.979. The summed E-state index contributed by atoms with van der Waals surface area (Å²) in [5.74, 6) is 0. The van der Waals surface area contributed by atoms with Crippen LogP contribution in [0.3, 0.4) is 0 Å². The predicted molar refractivity (Wildman–Crippen MR) is 56.1 cm³/mol. The molecule has 0 aliphatic carbocycles. The van der Waals surface area contributed by atoms with Gasteiger partial charge in [0.25, 0.3) is 0 Å². The van der Waals surface area contributed by atoms with E-state index in [4.69, 9.17) is 0 Å². The highest BCUT2D eigenvalue weighted by Crippen LogP contribution is 2.26. The highest BCUT2D eigenvalue weighted by Gasteiger charge is 2.10. The molecule has 0 aliphatic heterocycles. The molecule has 1 rings (SSSR count). The van der Waals surface area contributed by atoms with Gasteiger partial charge < -0.3 is 0 Å². The number of rotatable bonds is 3. The second-order valence-corrected chi connectivity index (χ2v) is 5.31. The molecule has 0 unspecified atom stereocenters. The molecule has 0 radical (unpaired) electrons. The normalized spacial score (nSPS) is 11.3. The molecule has 13 heavy (non-hydrogen) atoms. The third-order valence-corrected chi connectivity index (χ3v) is 2.42. The van der Waals surface area contributed by atoms with Crippen LogP contribution in [0.4, 0.5) is 10.1 Å².